The van der Waals surface area contributed by atoms with Crippen molar-refractivity contribution in [3.8, 4) is 17.0 Å². The highest BCUT2D eigenvalue weighted by atomic mass is 19.3. The molecule has 36 heavy (non-hydrogen) atoms. The largest absolute Gasteiger partial charge is 0.432 e. The van der Waals surface area contributed by atoms with Gasteiger partial charge in [0.25, 0.3) is 0 Å². The second-order valence-corrected chi connectivity index (χ2v) is 8.73. The average Bonchev–Trinajstić information content (AvgIpc) is 2.82. The first-order valence-electron chi connectivity index (χ1n) is 11.5. The minimum absolute atomic E-state index is 0.0874. The van der Waals surface area contributed by atoms with Gasteiger partial charge in [-0.2, -0.15) is 8.78 Å². The SMILES string of the molecule is CCCC1CC=C(c2ccc(-c3cc(F)c(C(F)(F)Oc4cc(F)c(F)c(F)c4)c(F)c3)nc2)CC1. The van der Waals surface area contributed by atoms with Crippen molar-refractivity contribution in [2.45, 2.75) is 45.1 Å². The normalized spacial score (nSPS) is 16.1. The standard InChI is InChI=1S/C27H22F7NO/c1-2-3-15-4-6-16(7-5-15)17-8-9-24(35-14-17)18-10-20(28)25(21(29)11-18)27(33,34)36-19-12-22(30)26(32)23(31)13-19/h6,8-15H,2-5,7H2,1H3. The zero-order valence-corrected chi connectivity index (χ0v) is 19.2. The third kappa shape index (κ3) is 5.39. The van der Waals surface area contributed by atoms with E-state index in [2.05, 4.69) is 22.7 Å². The Kier molecular flexibility index (Phi) is 7.38. The summed E-state index contributed by atoms with van der Waals surface area (Å²) < 4.78 is 102. The molecule has 0 bridgehead atoms. The number of rotatable bonds is 7. The monoisotopic (exact) mass is 509 g/mol. The Morgan fingerprint density at radius 1 is 0.917 bits per heavy atom. The molecule has 1 aromatic heterocycles. The predicted molar refractivity (Wildman–Crippen MR) is 121 cm³/mol. The maximum Gasteiger partial charge on any atom is 0.432 e. The van der Waals surface area contributed by atoms with Gasteiger partial charge in [0.2, 0.25) is 0 Å². The zero-order valence-electron chi connectivity index (χ0n) is 19.2. The molecule has 0 aliphatic heterocycles. The fraction of sp³-hybridized carbons (Fsp3) is 0.296. The van der Waals surface area contributed by atoms with Crippen molar-refractivity contribution in [2.24, 2.45) is 5.92 Å². The van der Waals surface area contributed by atoms with Crippen molar-refractivity contribution in [3.63, 3.8) is 0 Å². The van der Waals surface area contributed by atoms with Crippen LogP contribution in [0.3, 0.4) is 0 Å². The van der Waals surface area contributed by atoms with Crippen molar-refractivity contribution < 1.29 is 35.5 Å². The van der Waals surface area contributed by atoms with Crippen LogP contribution in [0.4, 0.5) is 30.7 Å². The van der Waals surface area contributed by atoms with Gasteiger partial charge in [-0.05, 0) is 54.5 Å². The zero-order chi connectivity index (χ0) is 26.0. The maximum absolute atomic E-state index is 14.6. The molecule has 0 N–H and O–H groups in total. The first kappa shape index (κ1) is 25.7. The number of benzene rings is 2. The van der Waals surface area contributed by atoms with E-state index in [1.165, 1.54) is 6.42 Å². The highest BCUT2D eigenvalue weighted by Gasteiger charge is 2.41. The topological polar surface area (TPSA) is 22.1 Å². The fourth-order valence-corrected chi connectivity index (χ4v) is 4.36. The van der Waals surface area contributed by atoms with Crippen LogP contribution in [0.2, 0.25) is 0 Å². The van der Waals surface area contributed by atoms with E-state index in [9.17, 15) is 30.7 Å². The number of nitrogens with zero attached hydrogens (tertiary/aromatic N) is 1. The predicted octanol–water partition coefficient (Wildman–Crippen LogP) is 8.56. The lowest BCUT2D eigenvalue weighted by Gasteiger charge is -2.21. The van der Waals surface area contributed by atoms with E-state index in [0.717, 1.165) is 36.8 Å². The molecule has 9 heteroatoms. The number of hydrogen-bond donors (Lipinski definition) is 0. The Hall–Kier alpha value is -3.36. The minimum atomic E-state index is -4.65. The molecule has 1 heterocycles. The van der Waals surface area contributed by atoms with E-state index in [4.69, 9.17) is 0 Å². The number of halogens is 7. The lowest BCUT2D eigenvalue weighted by Crippen LogP contribution is -2.25. The molecule has 0 saturated heterocycles. The molecule has 0 radical (unpaired) electrons. The van der Waals surface area contributed by atoms with Gasteiger partial charge in [0.05, 0.1) is 5.69 Å². The van der Waals surface area contributed by atoms with Crippen LogP contribution in [0.5, 0.6) is 5.75 Å². The van der Waals surface area contributed by atoms with Crippen LogP contribution in [-0.4, -0.2) is 4.98 Å². The van der Waals surface area contributed by atoms with Crippen LogP contribution in [0.15, 0.2) is 48.7 Å². The molecule has 0 saturated carbocycles. The van der Waals surface area contributed by atoms with Crippen LogP contribution in [0.25, 0.3) is 16.8 Å². The van der Waals surface area contributed by atoms with Gasteiger partial charge in [0.1, 0.15) is 22.9 Å². The Balaban J connectivity index is 1.56. The lowest BCUT2D eigenvalue weighted by molar-refractivity contribution is -0.189. The molecule has 1 aliphatic rings. The average molecular weight is 509 g/mol. The van der Waals surface area contributed by atoms with Crippen LogP contribution in [0.1, 0.15) is 50.2 Å². The molecule has 1 aliphatic carbocycles. The second-order valence-electron chi connectivity index (χ2n) is 8.73. The van der Waals surface area contributed by atoms with Crippen LogP contribution >= 0.6 is 0 Å². The van der Waals surface area contributed by atoms with E-state index in [-0.39, 0.29) is 23.4 Å². The molecule has 3 aromatic rings. The number of allylic oxidation sites excluding steroid dienone is 2. The van der Waals surface area contributed by atoms with Crippen molar-refractivity contribution in [3.05, 3.63) is 88.9 Å². The van der Waals surface area contributed by atoms with Gasteiger partial charge in [-0.1, -0.05) is 31.9 Å². The first-order chi connectivity index (χ1) is 17.1. The highest BCUT2D eigenvalue weighted by Crippen LogP contribution is 2.38. The molecule has 2 nitrogen and oxygen atoms in total. The summed E-state index contributed by atoms with van der Waals surface area (Å²) in [5, 5.41) is 0. The highest BCUT2D eigenvalue weighted by molar-refractivity contribution is 5.68. The van der Waals surface area contributed by atoms with Crippen molar-refractivity contribution in [1.29, 1.82) is 0 Å². The number of hydrogen-bond acceptors (Lipinski definition) is 2. The Morgan fingerprint density at radius 3 is 2.11 bits per heavy atom. The number of alkyl halides is 2. The van der Waals surface area contributed by atoms with Gasteiger partial charge in [0, 0.05) is 23.9 Å². The van der Waals surface area contributed by atoms with E-state index in [1.54, 1.807) is 18.3 Å². The van der Waals surface area contributed by atoms with E-state index < -0.39 is 46.5 Å². The Labute approximate surface area is 203 Å². The molecule has 190 valence electrons. The van der Waals surface area contributed by atoms with Gasteiger partial charge in [0.15, 0.2) is 17.5 Å². The van der Waals surface area contributed by atoms with Gasteiger partial charge in [-0.3, -0.25) is 4.98 Å². The van der Waals surface area contributed by atoms with Crippen LogP contribution < -0.4 is 4.74 Å². The Bertz CT molecular complexity index is 1240. The molecule has 1 unspecified atom stereocenters. The molecule has 2 aromatic carbocycles. The third-order valence-corrected chi connectivity index (χ3v) is 6.18. The van der Waals surface area contributed by atoms with E-state index in [1.807, 2.05) is 0 Å². The van der Waals surface area contributed by atoms with Crippen molar-refractivity contribution in [1.82, 2.24) is 4.98 Å². The van der Waals surface area contributed by atoms with E-state index >= 15 is 0 Å². The summed E-state index contributed by atoms with van der Waals surface area (Å²) >= 11 is 0. The quantitative estimate of drug-likeness (QED) is 0.235. The van der Waals surface area contributed by atoms with Crippen molar-refractivity contribution >= 4 is 5.57 Å². The molecular formula is C27H22F7NO. The van der Waals surface area contributed by atoms with Gasteiger partial charge in [-0.25, -0.2) is 22.0 Å². The number of ether oxygens (including phenoxy) is 1. The molecular weight excluding hydrogens is 487 g/mol. The molecule has 0 spiro atoms. The number of aromatic nitrogens is 1. The maximum atomic E-state index is 14.6. The third-order valence-electron chi connectivity index (χ3n) is 6.18. The number of pyridine rings is 1. The Morgan fingerprint density at radius 2 is 1.58 bits per heavy atom. The summed E-state index contributed by atoms with van der Waals surface area (Å²) in [5.41, 5.74) is 0.331. The van der Waals surface area contributed by atoms with E-state index in [0.29, 0.717) is 18.1 Å². The summed E-state index contributed by atoms with van der Waals surface area (Å²) in [6.45, 7) is 2.15. The first-order valence-corrected chi connectivity index (χ1v) is 11.5. The van der Waals surface area contributed by atoms with Crippen molar-refractivity contribution in [2.75, 3.05) is 0 Å². The molecule has 0 amide bonds. The molecule has 0 fully saturated rings. The second kappa shape index (κ2) is 10.3. The fourth-order valence-electron chi connectivity index (χ4n) is 4.36. The smallest absolute Gasteiger partial charge is 0.429 e. The summed E-state index contributed by atoms with van der Waals surface area (Å²) in [6, 6.07) is 4.92. The summed E-state index contributed by atoms with van der Waals surface area (Å²) in [4.78, 5) is 4.24. The molecule has 4 rings (SSSR count). The summed E-state index contributed by atoms with van der Waals surface area (Å²) in [5.74, 6) is -9.27. The van der Waals surface area contributed by atoms with Gasteiger partial charge in [-0.15, -0.1) is 0 Å². The van der Waals surface area contributed by atoms with Gasteiger partial charge < -0.3 is 4.74 Å². The van der Waals surface area contributed by atoms with Gasteiger partial charge >= 0.3 is 6.11 Å². The lowest BCUT2D eigenvalue weighted by atomic mass is 9.85. The summed E-state index contributed by atoms with van der Waals surface area (Å²) in [6.07, 6.45) is 4.37. The van der Waals surface area contributed by atoms with Crippen LogP contribution in [-0.2, 0) is 6.11 Å². The summed E-state index contributed by atoms with van der Waals surface area (Å²) in [7, 11) is 0. The van der Waals surface area contributed by atoms with Crippen LogP contribution in [0, 0.1) is 35.0 Å². The molecule has 1 atom stereocenters. The minimum Gasteiger partial charge on any atom is -0.429 e.